The average molecular weight is 271 g/mol. The first kappa shape index (κ1) is 13.3. The van der Waals surface area contributed by atoms with Gasteiger partial charge < -0.3 is 9.84 Å². The van der Waals surface area contributed by atoms with Crippen molar-refractivity contribution in [3.8, 4) is 5.75 Å². The maximum absolute atomic E-state index is 12.4. The predicted molar refractivity (Wildman–Crippen MR) is 66.9 cm³/mol. The first-order valence-corrected chi connectivity index (χ1v) is 7.39. The van der Waals surface area contributed by atoms with Crippen LogP contribution in [-0.2, 0) is 14.8 Å². The quantitative estimate of drug-likeness (QED) is 0.896. The largest absolute Gasteiger partial charge is 0.507 e. The molecular formula is C12H17NO4S. The zero-order valence-corrected chi connectivity index (χ0v) is 11.1. The predicted octanol–water partition coefficient (Wildman–Crippen LogP) is 1.19. The van der Waals surface area contributed by atoms with Crippen LogP contribution in [0.25, 0.3) is 0 Å². The van der Waals surface area contributed by atoms with Gasteiger partial charge in [0.05, 0.1) is 12.7 Å². The zero-order chi connectivity index (χ0) is 13.2. The molecule has 100 valence electrons. The summed E-state index contributed by atoms with van der Waals surface area (Å²) in [4.78, 5) is -0.0400. The number of aromatic hydroxyl groups is 1. The fourth-order valence-electron chi connectivity index (χ4n) is 1.97. The molecule has 0 aliphatic carbocycles. The number of sulfonamides is 1. The molecule has 0 spiro atoms. The fraction of sp³-hybridized carbons (Fsp3) is 0.500. The summed E-state index contributed by atoms with van der Waals surface area (Å²) < 4.78 is 31.6. The number of para-hydroxylation sites is 1. The number of phenolic OH excluding ortho intramolecular Hbond substituents is 1. The number of benzene rings is 1. The lowest BCUT2D eigenvalue weighted by Crippen LogP contribution is -2.45. The molecule has 1 aromatic rings. The van der Waals surface area contributed by atoms with E-state index in [9.17, 15) is 13.5 Å². The number of nitrogens with zero attached hydrogens (tertiary/aromatic N) is 1. The molecule has 1 atom stereocenters. The summed E-state index contributed by atoms with van der Waals surface area (Å²) in [5.74, 6) is -0.211. The lowest BCUT2D eigenvalue weighted by atomic mass is 10.2. The van der Waals surface area contributed by atoms with E-state index >= 15 is 0 Å². The van der Waals surface area contributed by atoms with Crippen molar-refractivity contribution in [3.05, 3.63) is 24.3 Å². The third-order valence-electron chi connectivity index (χ3n) is 3.04. The first-order chi connectivity index (χ1) is 8.55. The van der Waals surface area contributed by atoms with Crippen molar-refractivity contribution in [2.45, 2.75) is 24.3 Å². The fourth-order valence-corrected chi connectivity index (χ4v) is 3.51. The molecule has 1 aliphatic heterocycles. The van der Waals surface area contributed by atoms with E-state index in [1.54, 1.807) is 12.1 Å². The molecule has 18 heavy (non-hydrogen) atoms. The summed E-state index contributed by atoms with van der Waals surface area (Å²) in [5, 5.41) is 9.66. The van der Waals surface area contributed by atoms with Gasteiger partial charge in [-0.1, -0.05) is 19.1 Å². The lowest BCUT2D eigenvalue weighted by molar-refractivity contribution is -0.00281. The van der Waals surface area contributed by atoms with E-state index in [-0.39, 0.29) is 16.7 Å². The highest BCUT2D eigenvalue weighted by atomic mass is 32.2. The second kappa shape index (κ2) is 5.26. The van der Waals surface area contributed by atoms with Crippen molar-refractivity contribution < 1.29 is 18.3 Å². The highest BCUT2D eigenvalue weighted by molar-refractivity contribution is 7.89. The molecule has 0 radical (unpaired) electrons. The Kier molecular flexibility index (Phi) is 3.89. The SMILES string of the molecule is CCC1CN(S(=O)(=O)c2ccccc2O)CCO1. The summed E-state index contributed by atoms with van der Waals surface area (Å²) in [6.45, 7) is 3.02. The second-order valence-corrected chi connectivity index (χ2v) is 6.14. The van der Waals surface area contributed by atoms with Gasteiger partial charge in [0.15, 0.2) is 0 Å². The first-order valence-electron chi connectivity index (χ1n) is 5.95. The number of hydrogen-bond acceptors (Lipinski definition) is 4. The van der Waals surface area contributed by atoms with Gasteiger partial charge in [-0.3, -0.25) is 0 Å². The highest BCUT2D eigenvalue weighted by Crippen LogP contribution is 2.26. The number of rotatable bonds is 3. The molecule has 1 unspecified atom stereocenters. The van der Waals surface area contributed by atoms with Gasteiger partial charge in [-0.25, -0.2) is 8.42 Å². The number of ether oxygens (including phenoxy) is 1. The zero-order valence-electron chi connectivity index (χ0n) is 10.2. The Bertz CT molecular complexity index is 515. The van der Waals surface area contributed by atoms with Crippen LogP contribution >= 0.6 is 0 Å². The number of phenols is 1. The Morgan fingerprint density at radius 1 is 1.44 bits per heavy atom. The minimum Gasteiger partial charge on any atom is -0.507 e. The van der Waals surface area contributed by atoms with E-state index in [2.05, 4.69) is 0 Å². The second-order valence-electron chi connectivity index (χ2n) is 4.23. The van der Waals surface area contributed by atoms with Gasteiger partial charge in [-0.15, -0.1) is 0 Å². The van der Waals surface area contributed by atoms with Crippen LogP contribution in [0.3, 0.4) is 0 Å². The molecule has 2 rings (SSSR count). The van der Waals surface area contributed by atoms with Crippen LogP contribution in [-0.4, -0.2) is 43.6 Å². The maximum Gasteiger partial charge on any atom is 0.246 e. The van der Waals surface area contributed by atoms with Crippen molar-refractivity contribution in [2.75, 3.05) is 19.7 Å². The van der Waals surface area contributed by atoms with Gasteiger partial charge in [0.1, 0.15) is 10.6 Å². The smallest absolute Gasteiger partial charge is 0.246 e. The lowest BCUT2D eigenvalue weighted by Gasteiger charge is -2.31. The standard InChI is InChI=1S/C12H17NO4S/c1-2-10-9-13(7-8-17-10)18(15,16)12-6-4-3-5-11(12)14/h3-6,10,14H,2,7-9H2,1H3. The van der Waals surface area contributed by atoms with Crippen molar-refractivity contribution in [1.29, 1.82) is 0 Å². The maximum atomic E-state index is 12.4. The molecule has 0 amide bonds. The van der Waals surface area contributed by atoms with Crippen molar-refractivity contribution in [2.24, 2.45) is 0 Å². The van der Waals surface area contributed by atoms with Gasteiger partial charge >= 0.3 is 0 Å². The van der Waals surface area contributed by atoms with Crippen LogP contribution in [0.4, 0.5) is 0 Å². The van der Waals surface area contributed by atoms with E-state index < -0.39 is 10.0 Å². The summed E-state index contributed by atoms with van der Waals surface area (Å²) in [7, 11) is -3.63. The molecule has 1 aromatic carbocycles. The molecule has 1 heterocycles. The average Bonchev–Trinajstić information content (AvgIpc) is 2.39. The molecule has 1 fully saturated rings. The van der Waals surface area contributed by atoms with E-state index in [0.29, 0.717) is 19.7 Å². The van der Waals surface area contributed by atoms with Crippen LogP contribution in [0, 0.1) is 0 Å². The monoisotopic (exact) mass is 271 g/mol. The Balaban J connectivity index is 2.29. The molecule has 6 heteroatoms. The van der Waals surface area contributed by atoms with Gasteiger partial charge in [0, 0.05) is 13.1 Å². The van der Waals surface area contributed by atoms with Crippen LogP contribution in [0.5, 0.6) is 5.75 Å². The Morgan fingerprint density at radius 3 is 2.83 bits per heavy atom. The topological polar surface area (TPSA) is 66.8 Å². The normalized spacial score (nSPS) is 21.9. The van der Waals surface area contributed by atoms with Gasteiger partial charge in [-0.05, 0) is 18.6 Å². The van der Waals surface area contributed by atoms with Crippen LogP contribution in [0.1, 0.15) is 13.3 Å². The summed E-state index contributed by atoms with van der Waals surface area (Å²) >= 11 is 0. The third-order valence-corrected chi connectivity index (χ3v) is 4.95. The van der Waals surface area contributed by atoms with Crippen molar-refractivity contribution in [1.82, 2.24) is 4.31 Å². The highest BCUT2D eigenvalue weighted by Gasteiger charge is 2.31. The summed E-state index contributed by atoms with van der Waals surface area (Å²) in [6, 6.07) is 6.00. The van der Waals surface area contributed by atoms with Crippen LogP contribution in [0.15, 0.2) is 29.2 Å². The third kappa shape index (κ3) is 2.50. The van der Waals surface area contributed by atoms with E-state index in [1.165, 1.54) is 16.4 Å². The Hall–Kier alpha value is -1.11. The van der Waals surface area contributed by atoms with Gasteiger partial charge in [0.25, 0.3) is 0 Å². The van der Waals surface area contributed by atoms with Gasteiger partial charge in [-0.2, -0.15) is 4.31 Å². The minimum absolute atomic E-state index is 0.0400. The number of morpholine rings is 1. The molecule has 1 saturated heterocycles. The van der Waals surface area contributed by atoms with Crippen LogP contribution < -0.4 is 0 Å². The molecule has 1 aliphatic rings. The Labute approximate surface area is 107 Å². The molecule has 1 N–H and O–H groups in total. The molecule has 0 bridgehead atoms. The molecule has 0 saturated carbocycles. The minimum atomic E-state index is -3.63. The van der Waals surface area contributed by atoms with E-state index in [4.69, 9.17) is 4.74 Å². The molecular weight excluding hydrogens is 254 g/mol. The van der Waals surface area contributed by atoms with E-state index in [0.717, 1.165) is 6.42 Å². The van der Waals surface area contributed by atoms with E-state index in [1.807, 2.05) is 6.92 Å². The Morgan fingerprint density at radius 2 is 2.17 bits per heavy atom. The molecule has 5 nitrogen and oxygen atoms in total. The van der Waals surface area contributed by atoms with Crippen molar-refractivity contribution in [3.63, 3.8) is 0 Å². The number of hydrogen-bond donors (Lipinski definition) is 1. The summed E-state index contributed by atoms with van der Waals surface area (Å²) in [6.07, 6.45) is 0.701. The van der Waals surface area contributed by atoms with Gasteiger partial charge in [0.2, 0.25) is 10.0 Å². The van der Waals surface area contributed by atoms with Crippen molar-refractivity contribution >= 4 is 10.0 Å². The van der Waals surface area contributed by atoms with Crippen LogP contribution in [0.2, 0.25) is 0 Å². The molecule has 0 aromatic heterocycles. The summed E-state index contributed by atoms with van der Waals surface area (Å²) in [5.41, 5.74) is 0.